The smallest absolute Gasteiger partial charge is 0.222 e. The summed E-state index contributed by atoms with van der Waals surface area (Å²) < 4.78 is 0. The molecule has 66 valence electrons. The Labute approximate surface area is 70.9 Å². The van der Waals surface area contributed by atoms with Gasteiger partial charge in [0, 0.05) is 20.0 Å². The molecule has 2 aliphatic rings. The van der Waals surface area contributed by atoms with Crippen LogP contribution in [0.15, 0.2) is 0 Å². The minimum absolute atomic E-state index is 0.0528. The van der Waals surface area contributed by atoms with Crippen molar-refractivity contribution >= 4 is 11.8 Å². The molecule has 2 amide bonds. The molecule has 0 aromatic heterocycles. The van der Waals surface area contributed by atoms with E-state index in [2.05, 4.69) is 5.32 Å². The standard InChI is InChI=1S/C8H12N2O2/c1-6(11)10-3-2-8(5-10)4-7(12)9-8/h2-5H2,1H3,(H,9,12). The molecule has 0 aromatic carbocycles. The van der Waals surface area contributed by atoms with Gasteiger partial charge in [-0.05, 0) is 6.42 Å². The molecule has 2 heterocycles. The quantitative estimate of drug-likeness (QED) is 0.496. The normalized spacial score (nSPS) is 33.4. The molecule has 2 aliphatic heterocycles. The van der Waals surface area contributed by atoms with Crippen LogP contribution in [-0.4, -0.2) is 35.3 Å². The molecule has 1 spiro atoms. The lowest BCUT2D eigenvalue weighted by Crippen LogP contribution is -2.62. The topological polar surface area (TPSA) is 49.4 Å². The van der Waals surface area contributed by atoms with Gasteiger partial charge in [-0.2, -0.15) is 0 Å². The first-order chi connectivity index (χ1) is 5.61. The molecule has 0 radical (unpaired) electrons. The van der Waals surface area contributed by atoms with Crippen molar-refractivity contribution in [3.05, 3.63) is 0 Å². The Kier molecular flexibility index (Phi) is 1.40. The van der Waals surface area contributed by atoms with Crippen LogP contribution in [0.5, 0.6) is 0 Å². The van der Waals surface area contributed by atoms with Crippen LogP contribution in [0, 0.1) is 0 Å². The van der Waals surface area contributed by atoms with Crippen molar-refractivity contribution in [2.24, 2.45) is 0 Å². The summed E-state index contributed by atoms with van der Waals surface area (Å²) in [5.41, 5.74) is -0.0528. The van der Waals surface area contributed by atoms with Crippen LogP contribution in [0.25, 0.3) is 0 Å². The predicted molar refractivity (Wildman–Crippen MR) is 42.4 cm³/mol. The fourth-order valence-corrected chi connectivity index (χ4v) is 1.97. The number of nitrogens with one attached hydrogen (secondary N) is 1. The highest BCUT2D eigenvalue weighted by Crippen LogP contribution is 2.30. The van der Waals surface area contributed by atoms with Gasteiger partial charge in [0.1, 0.15) is 0 Å². The van der Waals surface area contributed by atoms with E-state index in [0.717, 1.165) is 13.0 Å². The van der Waals surface area contributed by atoms with E-state index in [1.807, 2.05) is 0 Å². The van der Waals surface area contributed by atoms with Gasteiger partial charge >= 0.3 is 0 Å². The van der Waals surface area contributed by atoms with Gasteiger partial charge < -0.3 is 10.2 Å². The number of hydrogen-bond donors (Lipinski definition) is 1. The Morgan fingerprint density at radius 1 is 1.67 bits per heavy atom. The van der Waals surface area contributed by atoms with Gasteiger partial charge in [0.15, 0.2) is 0 Å². The second-order valence-electron chi connectivity index (χ2n) is 3.70. The average molecular weight is 168 g/mol. The van der Waals surface area contributed by atoms with Crippen molar-refractivity contribution < 1.29 is 9.59 Å². The highest BCUT2D eigenvalue weighted by atomic mass is 16.2. The number of nitrogens with zero attached hydrogens (tertiary/aromatic N) is 1. The molecular weight excluding hydrogens is 156 g/mol. The van der Waals surface area contributed by atoms with Crippen molar-refractivity contribution in [1.29, 1.82) is 0 Å². The maximum absolute atomic E-state index is 11.0. The van der Waals surface area contributed by atoms with Crippen LogP contribution in [-0.2, 0) is 9.59 Å². The molecule has 4 nitrogen and oxygen atoms in total. The van der Waals surface area contributed by atoms with Crippen molar-refractivity contribution in [2.45, 2.75) is 25.3 Å². The van der Waals surface area contributed by atoms with Crippen molar-refractivity contribution in [3.63, 3.8) is 0 Å². The molecule has 1 unspecified atom stereocenters. The molecule has 1 N–H and O–H groups in total. The zero-order chi connectivity index (χ0) is 8.77. The molecule has 2 fully saturated rings. The average Bonchev–Trinajstić information content (AvgIpc) is 2.31. The number of amides is 2. The number of β-lactam (4-membered cyclic amide) rings is 1. The van der Waals surface area contributed by atoms with Crippen LogP contribution in [0.1, 0.15) is 19.8 Å². The van der Waals surface area contributed by atoms with Gasteiger partial charge in [0.05, 0.1) is 12.0 Å². The van der Waals surface area contributed by atoms with E-state index in [1.165, 1.54) is 0 Å². The minimum Gasteiger partial charge on any atom is -0.348 e. The third kappa shape index (κ3) is 0.983. The first-order valence-electron chi connectivity index (χ1n) is 4.18. The van der Waals surface area contributed by atoms with Gasteiger partial charge in [0.2, 0.25) is 11.8 Å². The van der Waals surface area contributed by atoms with E-state index in [4.69, 9.17) is 0 Å². The Morgan fingerprint density at radius 2 is 2.33 bits per heavy atom. The van der Waals surface area contributed by atoms with Crippen molar-refractivity contribution in [1.82, 2.24) is 10.2 Å². The summed E-state index contributed by atoms with van der Waals surface area (Å²) in [6.45, 7) is 3.06. The first kappa shape index (κ1) is 7.58. The van der Waals surface area contributed by atoms with E-state index in [-0.39, 0.29) is 17.4 Å². The summed E-state index contributed by atoms with van der Waals surface area (Å²) in [7, 11) is 0. The fourth-order valence-electron chi connectivity index (χ4n) is 1.97. The second kappa shape index (κ2) is 2.21. The van der Waals surface area contributed by atoms with Gasteiger partial charge in [0.25, 0.3) is 0 Å². The third-order valence-corrected chi connectivity index (χ3v) is 2.70. The molecule has 0 aromatic rings. The van der Waals surface area contributed by atoms with Crippen LogP contribution in [0.3, 0.4) is 0 Å². The molecular formula is C8H12N2O2. The Hall–Kier alpha value is -1.06. The van der Waals surface area contributed by atoms with Crippen molar-refractivity contribution in [2.75, 3.05) is 13.1 Å². The van der Waals surface area contributed by atoms with Gasteiger partial charge in [-0.3, -0.25) is 9.59 Å². The molecule has 2 rings (SSSR count). The summed E-state index contributed by atoms with van der Waals surface area (Å²) >= 11 is 0. The van der Waals surface area contributed by atoms with E-state index in [0.29, 0.717) is 13.0 Å². The summed E-state index contributed by atoms with van der Waals surface area (Å²) in [4.78, 5) is 23.5. The number of rotatable bonds is 0. The summed E-state index contributed by atoms with van der Waals surface area (Å²) in [5.74, 6) is 0.216. The Morgan fingerprint density at radius 3 is 2.75 bits per heavy atom. The van der Waals surface area contributed by atoms with Crippen LogP contribution in [0.4, 0.5) is 0 Å². The monoisotopic (exact) mass is 168 g/mol. The maximum Gasteiger partial charge on any atom is 0.222 e. The van der Waals surface area contributed by atoms with Gasteiger partial charge in [-0.1, -0.05) is 0 Å². The lowest BCUT2D eigenvalue weighted by molar-refractivity contribution is -0.134. The fraction of sp³-hybridized carbons (Fsp3) is 0.750. The molecule has 12 heavy (non-hydrogen) atoms. The van der Waals surface area contributed by atoms with E-state index in [9.17, 15) is 9.59 Å². The summed E-state index contributed by atoms with van der Waals surface area (Å²) in [5, 5.41) is 2.87. The molecule has 1 atom stereocenters. The SMILES string of the molecule is CC(=O)N1CCC2(CC(=O)N2)C1. The molecule has 0 bridgehead atoms. The number of carbonyl (C=O) groups excluding carboxylic acids is 2. The number of likely N-dealkylation sites (tertiary alicyclic amines) is 1. The highest BCUT2D eigenvalue weighted by Gasteiger charge is 2.48. The van der Waals surface area contributed by atoms with E-state index in [1.54, 1.807) is 11.8 Å². The zero-order valence-corrected chi connectivity index (χ0v) is 7.09. The molecule has 4 heteroatoms. The van der Waals surface area contributed by atoms with Crippen LogP contribution < -0.4 is 5.32 Å². The summed E-state index contributed by atoms with van der Waals surface area (Å²) in [6, 6.07) is 0. The number of carbonyl (C=O) groups is 2. The Balaban J connectivity index is 1.99. The minimum atomic E-state index is -0.0528. The molecule has 0 aliphatic carbocycles. The maximum atomic E-state index is 11.0. The molecule has 0 saturated carbocycles. The van der Waals surface area contributed by atoms with Gasteiger partial charge in [-0.25, -0.2) is 0 Å². The zero-order valence-electron chi connectivity index (χ0n) is 7.09. The summed E-state index contributed by atoms with van der Waals surface area (Å²) in [6.07, 6.45) is 1.51. The second-order valence-corrected chi connectivity index (χ2v) is 3.70. The lowest BCUT2D eigenvalue weighted by Gasteiger charge is -2.38. The molecule has 2 saturated heterocycles. The number of hydrogen-bond acceptors (Lipinski definition) is 2. The van der Waals surface area contributed by atoms with Crippen molar-refractivity contribution in [3.8, 4) is 0 Å². The van der Waals surface area contributed by atoms with E-state index < -0.39 is 0 Å². The highest BCUT2D eigenvalue weighted by molar-refractivity contribution is 5.85. The first-order valence-corrected chi connectivity index (χ1v) is 4.18. The predicted octanol–water partition coefficient (Wildman–Crippen LogP) is -0.503. The van der Waals surface area contributed by atoms with Crippen LogP contribution in [0.2, 0.25) is 0 Å². The largest absolute Gasteiger partial charge is 0.348 e. The van der Waals surface area contributed by atoms with E-state index >= 15 is 0 Å². The lowest BCUT2D eigenvalue weighted by atomic mass is 9.86. The van der Waals surface area contributed by atoms with Gasteiger partial charge in [-0.15, -0.1) is 0 Å². The third-order valence-electron chi connectivity index (χ3n) is 2.70. The Bertz CT molecular complexity index is 241. The van der Waals surface area contributed by atoms with Crippen LogP contribution >= 0.6 is 0 Å².